The van der Waals surface area contributed by atoms with Crippen LogP contribution in [0.15, 0.2) is 65.8 Å². The lowest BCUT2D eigenvalue weighted by molar-refractivity contribution is -0.143. The molecule has 49 heavy (non-hydrogen) atoms. The average molecular weight is 692 g/mol. The van der Waals surface area contributed by atoms with Gasteiger partial charge in [0.25, 0.3) is 5.91 Å². The van der Waals surface area contributed by atoms with E-state index in [0.717, 1.165) is 43.3 Å². The molecular formula is C36H40ClF2N7O3. The summed E-state index contributed by atoms with van der Waals surface area (Å²) in [5.41, 5.74) is 4.87. The quantitative estimate of drug-likeness (QED) is 0.226. The van der Waals surface area contributed by atoms with Crippen LogP contribution in [0.3, 0.4) is 0 Å². The highest BCUT2D eigenvalue weighted by Gasteiger charge is 2.35. The number of benzene rings is 3. The van der Waals surface area contributed by atoms with Crippen molar-refractivity contribution in [3.63, 3.8) is 0 Å². The van der Waals surface area contributed by atoms with Gasteiger partial charge in [0.2, 0.25) is 12.5 Å². The topological polar surface area (TPSA) is 105 Å². The van der Waals surface area contributed by atoms with Crippen LogP contribution >= 0.6 is 11.6 Å². The molecule has 13 heteroatoms. The van der Waals surface area contributed by atoms with Gasteiger partial charge in [-0.1, -0.05) is 62.7 Å². The molecule has 1 N–H and O–H groups in total. The van der Waals surface area contributed by atoms with E-state index in [2.05, 4.69) is 62.2 Å². The van der Waals surface area contributed by atoms with Crippen LogP contribution in [0.4, 0.5) is 20.2 Å². The summed E-state index contributed by atoms with van der Waals surface area (Å²) in [4.78, 5) is 32.8. The largest absolute Gasteiger partial charge is 0.382 e. The maximum Gasteiger partial charge on any atom is 0.267 e. The van der Waals surface area contributed by atoms with Crippen LogP contribution in [0.5, 0.6) is 0 Å². The molecule has 1 atom stereocenters. The first-order chi connectivity index (χ1) is 23.7. The van der Waals surface area contributed by atoms with Crippen molar-refractivity contribution in [3.8, 4) is 0 Å². The third kappa shape index (κ3) is 7.91. The van der Waals surface area contributed by atoms with Gasteiger partial charge in [-0.25, -0.2) is 8.78 Å². The molecule has 0 saturated heterocycles. The number of anilines is 2. The Hall–Kier alpha value is -4.84. The summed E-state index contributed by atoms with van der Waals surface area (Å²) in [6, 6.07) is 16.6. The third-order valence-electron chi connectivity index (χ3n) is 8.47. The summed E-state index contributed by atoms with van der Waals surface area (Å²) in [7, 11) is 0. The Bertz CT molecular complexity index is 1810. The Morgan fingerprint density at radius 3 is 2.49 bits per heavy atom. The van der Waals surface area contributed by atoms with Gasteiger partial charge in [-0.05, 0) is 60.0 Å². The number of nitrogens with zero attached hydrogens (tertiary/aromatic N) is 6. The van der Waals surface area contributed by atoms with E-state index in [0.29, 0.717) is 36.8 Å². The van der Waals surface area contributed by atoms with E-state index >= 15 is 0 Å². The van der Waals surface area contributed by atoms with E-state index in [9.17, 15) is 18.4 Å². The Morgan fingerprint density at radius 1 is 1.00 bits per heavy atom. The highest BCUT2D eigenvalue weighted by Crippen LogP contribution is 2.33. The van der Waals surface area contributed by atoms with Crippen molar-refractivity contribution in [2.45, 2.75) is 72.2 Å². The van der Waals surface area contributed by atoms with Crippen molar-refractivity contribution >= 4 is 41.0 Å². The maximum atomic E-state index is 14.4. The molecule has 258 valence electrons. The Kier molecular flexibility index (Phi) is 11.6. The summed E-state index contributed by atoms with van der Waals surface area (Å²) in [6.07, 6.45) is 0.752. The highest BCUT2D eigenvalue weighted by molar-refractivity contribution is 6.31. The Balaban J connectivity index is 0.000000334. The smallest absolute Gasteiger partial charge is 0.267 e. The molecule has 3 aromatic carbocycles. The zero-order valence-electron chi connectivity index (χ0n) is 28.0. The first-order valence-electron chi connectivity index (χ1n) is 16.4. The molecule has 0 saturated carbocycles. The van der Waals surface area contributed by atoms with Crippen LogP contribution in [-0.2, 0) is 40.5 Å². The molecule has 0 radical (unpaired) electrons. The first-order valence-corrected chi connectivity index (χ1v) is 16.8. The number of carbonyl (C=O) groups excluding carboxylic acids is 2. The van der Waals surface area contributed by atoms with Crippen molar-refractivity contribution in [3.05, 3.63) is 106 Å². The standard InChI is InChI=1S/C27H28ClFN6O2.C7H6FNO.C2H6/c1-16(2)26-31-30-24-15-33(11-12-35(24)26)22-8-3-5-17-14-34(10-9-18(17)22)27(36)23-13-21(32-37-23)19-6-4-7-20(28)25(19)29;8-6-1-3-7(4-2-6)9-5-10;1-2/h3-8,16,23H,9-15H2,1-2H3;1-5H,(H,9,10);1-2H3. The van der Waals surface area contributed by atoms with Crippen molar-refractivity contribution < 1.29 is 23.2 Å². The van der Waals surface area contributed by atoms with E-state index in [-0.39, 0.29) is 28.7 Å². The molecule has 3 aliphatic heterocycles. The summed E-state index contributed by atoms with van der Waals surface area (Å²) in [5, 5.41) is 15.3. The van der Waals surface area contributed by atoms with E-state index < -0.39 is 11.9 Å². The molecule has 1 unspecified atom stereocenters. The monoisotopic (exact) mass is 691 g/mol. The van der Waals surface area contributed by atoms with Gasteiger partial charge in [0, 0.05) is 55.5 Å². The molecular weight excluding hydrogens is 652 g/mol. The van der Waals surface area contributed by atoms with Crippen molar-refractivity contribution in [1.82, 2.24) is 19.7 Å². The SMILES string of the molecule is CC.CC(C)c1nnc2n1CCN(c1cccc3c1CCN(C(=O)C1CC(c4cccc(Cl)c4F)=NO1)C3)C2.O=CNc1ccc(F)cc1. The fourth-order valence-corrected chi connectivity index (χ4v) is 6.27. The van der Waals surface area contributed by atoms with Gasteiger partial charge in [0.15, 0.2) is 11.6 Å². The molecule has 10 nitrogen and oxygen atoms in total. The van der Waals surface area contributed by atoms with Crippen molar-refractivity contribution in [1.29, 1.82) is 0 Å². The van der Waals surface area contributed by atoms with Gasteiger partial charge in [0.05, 0.1) is 17.3 Å². The van der Waals surface area contributed by atoms with E-state index in [4.69, 9.17) is 16.4 Å². The fraction of sp³-hybridized carbons (Fsp3) is 0.361. The van der Waals surface area contributed by atoms with Crippen molar-refractivity contribution in [2.75, 3.05) is 23.3 Å². The number of carbonyl (C=O) groups is 2. The second-order valence-corrected chi connectivity index (χ2v) is 12.2. The maximum absolute atomic E-state index is 14.4. The lowest BCUT2D eigenvalue weighted by atomic mass is 9.96. The Morgan fingerprint density at radius 2 is 1.76 bits per heavy atom. The van der Waals surface area contributed by atoms with Crippen LogP contribution in [-0.4, -0.2) is 56.9 Å². The average Bonchev–Trinajstić information content (AvgIpc) is 3.79. The number of rotatable bonds is 6. The number of hydrogen-bond donors (Lipinski definition) is 1. The molecule has 1 aromatic heterocycles. The number of fused-ring (bicyclic) bond motifs is 2. The number of amides is 2. The number of nitrogens with one attached hydrogen (secondary N) is 1. The van der Waals surface area contributed by atoms with Gasteiger partial charge in [-0.3, -0.25) is 9.59 Å². The fourth-order valence-electron chi connectivity index (χ4n) is 6.10. The minimum absolute atomic E-state index is 0.0210. The Labute approximate surface area is 289 Å². The normalized spacial score (nSPS) is 16.2. The lowest BCUT2D eigenvalue weighted by Crippen LogP contribution is -2.43. The van der Waals surface area contributed by atoms with Crippen LogP contribution in [0.2, 0.25) is 5.02 Å². The van der Waals surface area contributed by atoms with Crippen LogP contribution in [0, 0.1) is 11.6 Å². The zero-order valence-corrected chi connectivity index (χ0v) is 28.8. The van der Waals surface area contributed by atoms with Gasteiger partial charge in [0.1, 0.15) is 11.6 Å². The molecule has 4 aromatic rings. The summed E-state index contributed by atoms with van der Waals surface area (Å²) in [5.74, 6) is 1.39. The van der Waals surface area contributed by atoms with Gasteiger partial charge < -0.3 is 24.5 Å². The molecule has 0 aliphatic carbocycles. The molecule has 0 bridgehead atoms. The molecule has 7 rings (SSSR count). The number of hydrogen-bond acceptors (Lipinski definition) is 7. The van der Waals surface area contributed by atoms with Gasteiger partial charge >= 0.3 is 0 Å². The lowest BCUT2D eigenvalue weighted by Gasteiger charge is -2.36. The summed E-state index contributed by atoms with van der Waals surface area (Å²) in [6.45, 7) is 11.8. The van der Waals surface area contributed by atoms with E-state index in [1.54, 1.807) is 12.1 Å². The predicted octanol–water partition coefficient (Wildman–Crippen LogP) is 6.71. The first kappa shape index (κ1) is 35.5. The van der Waals surface area contributed by atoms with E-state index in [1.165, 1.54) is 41.6 Å². The van der Waals surface area contributed by atoms with Crippen LogP contribution < -0.4 is 10.2 Å². The van der Waals surface area contributed by atoms with Gasteiger partial charge in [-0.15, -0.1) is 10.2 Å². The molecule has 4 heterocycles. The summed E-state index contributed by atoms with van der Waals surface area (Å²) < 4.78 is 28.9. The number of halogens is 3. The predicted molar refractivity (Wildman–Crippen MR) is 186 cm³/mol. The minimum Gasteiger partial charge on any atom is -0.382 e. The van der Waals surface area contributed by atoms with Crippen molar-refractivity contribution in [2.24, 2.45) is 5.16 Å². The van der Waals surface area contributed by atoms with Crippen LogP contribution in [0.25, 0.3) is 0 Å². The zero-order chi connectivity index (χ0) is 35.1. The second-order valence-electron chi connectivity index (χ2n) is 11.8. The molecule has 3 aliphatic rings. The highest BCUT2D eigenvalue weighted by atomic mass is 35.5. The molecule has 0 fully saturated rings. The second kappa shape index (κ2) is 16.0. The molecule has 2 amide bonds. The summed E-state index contributed by atoms with van der Waals surface area (Å²) >= 11 is 5.91. The number of aromatic nitrogens is 3. The van der Waals surface area contributed by atoms with Gasteiger partial charge in [-0.2, -0.15) is 0 Å². The third-order valence-corrected chi connectivity index (χ3v) is 8.76. The number of oxime groups is 1. The minimum atomic E-state index is -0.762. The molecule has 0 spiro atoms. The van der Waals surface area contributed by atoms with Crippen LogP contribution in [0.1, 0.15) is 68.4 Å². The van der Waals surface area contributed by atoms with E-state index in [1.807, 2.05) is 18.7 Å².